The van der Waals surface area contributed by atoms with Crippen LogP contribution in [0, 0.1) is 0 Å². The number of rotatable bonds is 5. The van der Waals surface area contributed by atoms with Gasteiger partial charge in [-0.25, -0.2) is 0 Å². The van der Waals surface area contributed by atoms with E-state index >= 15 is 0 Å². The minimum absolute atomic E-state index is 0.0189. The molecule has 5 nitrogen and oxygen atoms in total. The van der Waals surface area contributed by atoms with E-state index in [4.69, 9.17) is 10.5 Å². The van der Waals surface area contributed by atoms with E-state index in [2.05, 4.69) is 4.90 Å². The number of fused-ring (bicyclic) bond motifs is 1. The average Bonchev–Trinajstić information content (AvgIpc) is 2.42. The molecule has 1 aromatic rings. The van der Waals surface area contributed by atoms with Gasteiger partial charge in [-0.1, -0.05) is 6.07 Å². The van der Waals surface area contributed by atoms with E-state index in [0.717, 1.165) is 30.0 Å². The van der Waals surface area contributed by atoms with Gasteiger partial charge in [-0.3, -0.25) is 4.79 Å². The van der Waals surface area contributed by atoms with E-state index < -0.39 is 6.10 Å². The number of carbonyl (C=O) groups is 1. The summed E-state index contributed by atoms with van der Waals surface area (Å²) >= 11 is 0. The number of benzene rings is 1. The number of nitrogens with zero attached hydrogens (tertiary/aromatic N) is 2. The Hall–Kier alpha value is -1.59. The van der Waals surface area contributed by atoms with Crippen molar-refractivity contribution in [2.75, 3.05) is 32.1 Å². The Kier molecular flexibility index (Phi) is 4.62. The summed E-state index contributed by atoms with van der Waals surface area (Å²) in [4.78, 5) is 16.3. The van der Waals surface area contributed by atoms with E-state index in [-0.39, 0.29) is 5.91 Å². The van der Waals surface area contributed by atoms with Gasteiger partial charge in [-0.05, 0) is 51.7 Å². The summed E-state index contributed by atoms with van der Waals surface area (Å²) in [7, 11) is 4.06. The summed E-state index contributed by atoms with van der Waals surface area (Å²) in [6.45, 7) is 3.90. The first-order valence-electron chi connectivity index (χ1n) is 6.98. The largest absolute Gasteiger partial charge is 0.479 e. The molecule has 0 spiro atoms. The normalized spacial score (nSPS) is 18.1. The maximum absolute atomic E-state index is 12.3. The lowest BCUT2D eigenvalue weighted by Gasteiger charge is -2.33. The number of nitrogens with two attached hydrogens (primary N) is 1. The van der Waals surface area contributed by atoms with Gasteiger partial charge in [-0.2, -0.15) is 0 Å². The van der Waals surface area contributed by atoms with Crippen LogP contribution in [0.25, 0.3) is 0 Å². The molecule has 0 saturated carbocycles. The molecule has 0 fully saturated rings. The molecule has 1 aliphatic rings. The molecule has 0 radical (unpaired) electrons. The third-order valence-corrected chi connectivity index (χ3v) is 3.45. The van der Waals surface area contributed by atoms with Crippen LogP contribution >= 0.6 is 0 Å². The highest BCUT2D eigenvalue weighted by molar-refractivity contribution is 5.99. The Balaban J connectivity index is 2.23. The van der Waals surface area contributed by atoms with Crippen molar-refractivity contribution < 1.29 is 9.53 Å². The molecule has 1 unspecified atom stereocenters. The Morgan fingerprint density at radius 3 is 2.80 bits per heavy atom. The molecule has 2 N–H and O–H groups in total. The maximum Gasteiger partial charge on any atom is 0.267 e. The van der Waals surface area contributed by atoms with Crippen LogP contribution in [0.3, 0.4) is 0 Å². The van der Waals surface area contributed by atoms with E-state index in [1.54, 1.807) is 6.92 Å². The van der Waals surface area contributed by atoms with Crippen LogP contribution in [0.5, 0.6) is 5.75 Å². The molecule has 1 heterocycles. The molecule has 0 bridgehead atoms. The molecule has 1 aliphatic heterocycles. The fourth-order valence-corrected chi connectivity index (χ4v) is 2.36. The lowest BCUT2D eigenvalue weighted by molar-refractivity contribution is -0.125. The fourth-order valence-electron chi connectivity index (χ4n) is 2.36. The van der Waals surface area contributed by atoms with E-state index in [9.17, 15) is 4.79 Å². The van der Waals surface area contributed by atoms with E-state index in [0.29, 0.717) is 13.1 Å². The highest BCUT2D eigenvalue weighted by Crippen LogP contribution is 2.34. The Bertz CT molecular complexity index is 488. The summed E-state index contributed by atoms with van der Waals surface area (Å²) < 4.78 is 5.66. The summed E-state index contributed by atoms with van der Waals surface area (Å²) in [6.07, 6.45) is 0.503. The standard InChI is InChI=1S/C15H23N3O2/c1-11-15(19)18(8-4-7-17(2)3)13-9-12(10-16)5-6-14(13)20-11/h5-6,9,11H,4,7-8,10,16H2,1-3H3. The minimum Gasteiger partial charge on any atom is -0.479 e. The molecule has 20 heavy (non-hydrogen) atoms. The van der Waals surface area contributed by atoms with E-state index in [1.165, 1.54) is 0 Å². The molecule has 0 saturated heterocycles. The van der Waals surface area contributed by atoms with Crippen LogP contribution in [0.4, 0.5) is 5.69 Å². The first kappa shape index (κ1) is 14.8. The molecule has 110 valence electrons. The first-order chi connectivity index (χ1) is 9.52. The second-order valence-electron chi connectivity index (χ2n) is 5.41. The molecule has 5 heteroatoms. The van der Waals surface area contributed by atoms with Crippen LogP contribution in [0.2, 0.25) is 0 Å². The van der Waals surface area contributed by atoms with Gasteiger partial charge in [0.25, 0.3) is 5.91 Å². The van der Waals surface area contributed by atoms with Gasteiger partial charge >= 0.3 is 0 Å². The second-order valence-corrected chi connectivity index (χ2v) is 5.41. The van der Waals surface area contributed by atoms with Crippen LogP contribution in [0.15, 0.2) is 18.2 Å². The molecule has 0 aromatic heterocycles. The second kappa shape index (κ2) is 6.24. The number of hydrogen-bond donors (Lipinski definition) is 1. The first-order valence-corrected chi connectivity index (χ1v) is 6.98. The fraction of sp³-hybridized carbons (Fsp3) is 0.533. The smallest absolute Gasteiger partial charge is 0.267 e. The topological polar surface area (TPSA) is 58.8 Å². The molecular formula is C15H23N3O2. The third kappa shape index (κ3) is 3.11. The van der Waals surface area contributed by atoms with Crippen molar-refractivity contribution in [2.24, 2.45) is 5.73 Å². The van der Waals surface area contributed by atoms with Crippen molar-refractivity contribution in [1.29, 1.82) is 0 Å². The van der Waals surface area contributed by atoms with Crippen molar-refractivity contribution in [2.45, 2.75) is 26.0 Å². The van der Waals surface area contributed by atoms with Crippen LogP contribution in [-0.4, -0.2) is 44.1 Å². The Morgan fingerprint density at radius 2 is 2.15 bits per heavy atom. The van der Waals surface area contributed by atoms with Gasteiger partial charge in [0.05, 0.1) is 5.69 Å². The zero-order valence-electron chi connectivity index (χ0n) is 12.4. The number of ether oxygens (including phenoxy) is 1. The monoisotopic (exact) mass is 277 g/mol. The van der Waals surface area contributed by atoms with Crippen molar-refractivity contribution in [1.82, 2.24) is 4.90 Å². The van der Waals surface area contributed by atoms with Gasteiger partial charge in [0.15, 0.2) is 6.10 Å². The molecule has 2 rings (SSSR count). The van der Waals surface area contributed by atoms with Crippen molar-refractivity contribution in [3.63, 3.8) is 0 Å². The summed E-state index contributed by atoms with van der Waals surface area (Å²) in [6, 6.07) is 5.80. The predicted molar refractivity (Wildman–Crippen MR) is 79.9 cm³/mol. The number of hydrogen-bond acceptors (Lipinski definition) is 4. The average molecular weight is 277 g/mol. The molecular weight excluding hydrogens is 254 g/mol. The lowest BCUT2D eigenvalue weighted by atomic mass is 10.1. The van der Waals surface area contributed by atoms with Crippen molar-refractivity contribution in [3.8, 4) is 5.75 Å². The number of carbonyl (C=O) groups excluding carboxylic acids is 1. The maximum atomic E-state index is 12.3. The van der Waals surface area contributed by atoms with Crippen LogP contribution in [0.1, 0.15) is 18.9 Å². The van der Waals surface area contributed by atoms with Crippen molar-refractivity contribution in [3.05, 3.63) is 23.8 Å². The Labute approximate surface area is 120 Å². The molecule has 1 amide bonds. The Morgan fingerprint density at radius 1 is 1.40 bits per heavy atom. The van der Waals surface area contributed by atoms with Crippen LogP contribution in [-0.2, 0) is 11.3 Å². The van der Waals surface area contributed by atoms with E-state index in [1.807, 2.05) is 37.2 Å². The summed E-state index contributed by atoms with van der Waals surface area (Å²) in [5.74, 6) is 0.782. The zero-order chi connectivity index (χ0) is 14.7. The SMILES string of the molecule is CC1Oc2ccc(CN)cc2N(CCCN(C)C)C1=O. The minimum atomic E-state index is -0.425. The zero-order valence-corrected chi connectivity index (χ0v) is 12.4. The summed E-state index contributed by atoms with van der Waals surface area (Å²) in [5, 5.41) is 0. The van der Waals surface area contributed by atoms with Gasteiger partial charge in [0, 0.05) is 13.1 Å². The molecule has 0 aliphatic carbocycles. The quantitative estimate of drug-likeness (QED) is 0.879. The highest BCUT2D eigenvalue weighted by atomic mass is 16.5. The van der Waals surface area contributed by atoms with Crippen LogP contribution < -0.4 is 15.4 Å². The lowest BCUT2D eigenvalue weighted by Crippen LogP contribution is -2.45. The molecule has 1 aromatic carbocycles. The third-order valence-electron chi connectivity index (χ3n) is 3.45. The van der Waals surface area contributed by atoms with Crippen molar-refractivity contribution >= 4 is 11.6 Å². The highest BCUT2D eigenvalue weighted by Gasteiger charge is 2.31. The van der Waals surface area contributed by atoms with Gasteiger partial charge in [0.2, 0.25) is 0 Å². The number of amides is 1. The van der Waals surface area contributed by atoms with Gasteiger partial charge in [0.1, 0.15) is 5.75 Å². The summed E-state index contributed by atoms with van der Waals surface area (Å²) in [5.41, 5.74) is 7.53. The predicted octanol–water partition coefficient (Wildman–Crippen LogP) is 1.21. The van der Waals surface area contributed by atoms with Gasteiger partial charge < -0.3 is 20.3 Å². The number of anilines is 1. The molecule has 1 atom stereocenters. The van der Waals surface area contributed by atoms with Gasteiger partial charge in [-0.15, -0.1) is 0 Å².